The average molecular weight is 250 g/mol. The van der Waals surface area contributed by atoms with Crippen molar-refractivity contribution in [3.05, 3.63) is 0 Å². The summed E-state index contributed by atoms with van der Waals surface area (Å²) in [5, 5.41) is -0.280. The first kappa shape index (κ1) is 15.9. The zero-order valence-corrected chi connectivity index (χ0v) is 11.8. The standard InChI is InChI=1S/C11H26N2O2S/c1-5-13(9-11(4)8-12)6-7-16(14,15)10(2)3/h10-11H,5-9,12H2,1-4H3. The lowest BCUT2D eigenvalue weighted by molar-refractivity contribution is 0.264. The fourth-order valence-electron chi connectivity index (χ4n) is 1.39. The van der Waals surface area contributed by atoms with Crippen molar-refractivity contribution in [3.63, 3.8) is 0 Å². The van der Waals surface area contributed by atoms with Gasteiger partial charge in [-0.15, -0.1) is 0 Å². The third kappa shape index (κ3) is 5.82. The van der Waals surface area contributed by atoms with E-state index in [-0.39, 0.29) is 11.0 Å². The second-order valence-corrected chi connectivity index (χ2v) is 7.33. The van der Waals surface area contributed by atoms with E-state index in [0.717, 1.165) is 13.1 Å². The van der Waals surface area contributed by atoms with E-state index in [1.807, 2.05) is 6.92 Å². The van der Waals surface area contributed by atoms with Crippen LogP contribution in [0, 0.1) is 5.92 Å². The Balaban J connectivity index is 4.15. The highest BCUT2D eigenvalue weighted by molar-refractivity contribution is 7.92. The fraction of sp³-hybridized carbons (Fsp3) is 1.00. The van der Waals surface area contributed by atoms with E-state index in [0.29, 0.717) is 19.0 Å². The largest absolute Gasteiger partial charge is 0.330 e. The molecule has 0 heterocycles. The maximum Gasteiger partial charge on any atom is 0.153 e. The molecular weight excluding hydrogens is 224 g/mol. The molecule has 1 unspecified atom stereocenters. The second-order valence-electron chi connectivity index (χ2n) is 4.65. The van der Waals surface area contributed by atoms with Crippen molar-refractivity contribution in [1.82, 2.24) is 4.90 Å². The van der Waals surface area contributed by atoms with Crippen LogP contribution in [0.25, 0.3) is 0 Å². The number of hydrogen-bond acceptors (Lipinski definition) is 4. The predicted molar refractivity (Wildman–Crippen MR) is 69.3 cm³/mol. The van der Waals surface area contributed by atoms with Gasteiger partial charge in [0.2, 0.25) is 0 Å². The zero-order valence-electron chi connectivity index (χ0n) is 10.9. The van der Waals surface area contributed by atoms with Crippen LogP contribution in [0.5, 0.6) is 0 Å². The molecule has 0 radical (unpaired) electrons. The van der Waals surface area contributed by atoms with E-state index >= 15 is 0 Å². The van der Waals surface area contributed by atoms with E-state index in [1.165, 1.54) is 0 Å². The number of hydrogen-bond donors (Lipinski definition) is 1. The van der Waals surface area contributed by atoms with Crippen LogP contribution in [0.2, 0.25) is 0 Å². The topological polar surface area (TPSA) is 63.4 Å². The summed E-state index contributed by atoms with van der Waals surface area (Å²) in [6.07, 6.45) is 0. The van der Waals surface area contributed by atoms with Crippen molar-refractivity contribution < 1.29 is 8.42 Å². The molecular formula is C11H26N2O2S. The quantitative estimate of drug-likeness (QED) is 0.690. The molecule has 0 fully saturated rings. The molecule has 4 nitrogen and oxygen atoms in total. The lowest BCUT2D eigenvalue weighted by Crippen LogP contribution is -2.36. The first-order valence-corrected chi connectivity index (χ1v) is 7.69. The number of nitrogens with two attached hydrogens (primary N) is 1. The molecule has 0 aromatic carbocycles. The van der Waals surface area contributed by atoms with Crippen molar-refractivity contribution in [2.24, 2.45) is 11.7 Å². The van der Waals surface area contributed by atoms with Gasteiger partial charge in [0.05, 0.1) is 11.0 Å². The second kappa shape index (κ2) is 7.25. The van der Waals surface area contributed by atoms with Gasteiger partial charge in [-0.25, -0.2) is 8.42 Å². The van der Waals surface area contributed by atoms with E-state index in [1.54, 1.807) is 13.8 Å². The minimum absolute atomic E-state index is 0.246. The number of sulfone groups is 1. The van der Waals surface area contributed by atoms with Gasteiger partial charge in [-0.05, 0) is 32.9 Å². The summed E-state index contributed by atoms with van der Waals surface area (Å²) in [6.45, 7) is 10.6. The Kier molecular flexibility index (Phi) is 7.19. The zero-order chi connectivity index (χ0) is 12.8. The number of rotatable bonds is 8. The third-order valence-corrected chi connectivity index (χ3v) is 5.02. The first-order chi connectivity index (χ1) is 7.33. The average Bonchev–Trinajstić information content (AvgIpc) is 2.23. The molecule has 5 heteroatoms. The van der Waals surface area contributed by atoms with Crippen molar-refractivity contribution in [2.45, 2.75) is 32.9 Å². The minimum atomic E-state index is -2.92. The van der Waals surface area contributed by atoms with Crippen LogP contribution < -0.4 is 5.73 Å². The molecule has 0 rings (SSSR count). The first-order valence-electron chi connectivity index (χ1n) is 5.97. The molecule has 0 aliphatic heterocycles. The van der Waals surface area contributed by atoms with Crippen molar-refractivity contribution >= 4 is 9.84 Å². The van der Waals surface area contributed by atoms with Crippen LogP contribution in [0.15, 0.2) is 0 Å². The molecule has 2 N–H and O–H groups in total. The van der Waals surface area contributed by atoms with Gasteiger partial charge in [0.15, 0.2) is 9.84 Å². The van der Waals surface area contributed by atoms with Crippen LogP contribution in [0.4, 0.5) is 0 Å². The third-order valence-electron chi connectivity index (χ3n) is 2.83. The van der Waals surface area contributed by atoms with Crippen LogP contribution >= 0.6 is 0 Å². The highest BCUT2D eigenvalue weighted by Crippen LogP contribution is 2.03. The van der Waals surface area contributed by atoms with Crippen molar-refractivity contribution in [2.75, 3.05) is 31.9 Å². The molecule has 16 heavy (non-hydrogen) atoms. The van der Waals surface area contributed by atoms with Gasteiger partial charge in [-0.1, -0.05) is 13.8 Å². The molecule has 0 bridgehead atoms. The van der Waals surface area contributed by atoms with Crippen molar-refractivity contribution in [3.8, 4) is 0 Å². The Morgan fingerprint density at radius 2 is 1.81 bits per heavy atom. The molecule has 0 saturated carbocycles. The highest BCUT2D eigenvalue weighted by atomic mass is 32.2. The molecule has 0 amide bonds. The summed E-state index contributed by atoms with van der Waals surface area (Å²) in [7, 11) is -2.92. The van der Waals surface area contributed by atoms with Gasteiger partial charge in [0, 0.05) is 13.1 Å². The Morgan fingerprint density at radius 3 is 2.19 bits per heavy atom. The van der Waals surface area contributed by atoms with Crippen LogP contribution in [0.1, 0.15) is 27.7 Å². The van der Waals surface area contributed by atoms with E-state index in [2.05, 4.69) is 11.8 Å². The molecule has 0 aliphatic rings. The minimum Gasteiger partial charge on any atom is -0.330 e. The monoisotopic (exact) mass is 250 g/mol. The summed E-state index contributed by atoms with van der Waals surface area (Å²) >= 11 is 0. The molecule has 1 atom stereocenters. The maximum absolute atomic E-state index is 11.7. The van der Waals surface area contributed by atoms with Crippen molar-refractivity contribution in [1.29, 1.82) is 0 Å². The van der Waals surface area contributed by atoms with E-state index in [4.69, 9.17) is 5.73 Å². The molecule has 0 saturated heterocycles. The predicted octanol–water partition coefficient (Wildman–Crippen LogP) is 0.726. The van der Waals surface area contributed by atoms with Gasteiger partial charge in [-0.3, -0.25) is 0 Å². The number of nitrogens with zero attached hydrogens (tertiary/aromatic N) is 1. The molecule has 98 valence electrons. The highest BCUT2D eigenvalue weighted by Gasteiger charge is 2.17. The van der Waals surface area contributed by atoms with E-state index in [9.17, 15) is 8.42 Å². The van der Waals surface area contributed by atoms with Gasteiger partial charge in [0.25, 0.3) is 0 Å². The Bertz CT molecular complexity index is 276. The maximum atomic E-state index is 11.7. The Hall–Kier alpha value is -0.130. The molecule has 0 aromatic heterocycles. The van der Waals surface area contributed by atoms with Crippen LogP contribution in [0.3, 0.4) is 0 Å². The van der Waals surface area contributed by atoms with Gasteiger partial charge < -0.3 is 10.6 Å². The van der Waals surface area contributed by atoms with Crippen LogP contribution in [-0.2, 0) is 9.84 Å². The lowest BCUT2D eigenvalue weighted by Gasteiger charge is -2.23. The summed E-state index contributed by atoms with van der Waals surface area (Å²) in [4.78, 5) is 2.15. The smallest absolute Gasteiger partial charge is 0.153 e. The van der Waals surface area contributed by atoms with Crippen LogP contribution in [-0.4, -0.2) is 50.5 Å². The summed E-state index contributed by atoms with van der Waals surface area (Å²) in [5.74, 6) is 0.664. The SMILES string of the molecule is CCN(CCS(=O)(=O)C(C)C)CC(C)CN. The van der Waals surface area contributed by atoms with Gasteiger partial charge in [0.1, 0.15) is 0 Å². The van der Waals surface area contributed by atoms with E-state index < -0.39 is 9.84 Å². The van der Waals surface area contributed by atoms with Gasteiger partial charge >= 0.3 is 0 Å². The summed E-state index contributed by atoms with van der Waals surface area (Å²) in [5.41, 5.74) is 5.56. The Labute approximate surface area is 100 Å². The summed E-state index contributed by atoms with van der Waals surface area (Å²) in [6, 6.07) is 0. The lowest BCUT2D eigenvalue weighted by atomic mass is 10.2. The Morgan fingerprint density at radius 1 is 1.25 bits per heavy atom. The summed E-state index contributed by atoms with van der Waals surface area (Å²) < 4.78 is 23.3. The molecule has 0 spiro atoms. The molecule has 0 aromatic rings. The van der Waals surface area contributed by atoms with Gasteiger partial charge in [-0.2, -0.15) is 0 Å². The fourth-order valence-corrected chi connectivity index (χ4v) is 2.37. The normalized spacial score (nSPS) is 14.7. The molecule has 0 aliphatic carbocycles.